The van der Waals surface area contributed by atoms with Gasteiger partial charge in [-0.2, -0.15) is 0 Å². The summed E-state index contributed by atoms with van der Waals surface area (Å²) in [6, 6.07) is 70.9. The van der Waals surface area contributed by atoms with Gasteiger partial charge >= 0.3 is 0 Å². The van der Waals surface area contributed by atoms with Gasteiger partial charge in [-0.3, -0.25) is 0 Å². The number of nitrogens with zero attached hydrogens (tertiary/aromatic N) is 2. The third kappa shape index (κ3) is 7.39. The summed E-state index contributed by atoms with van der Waals surface area (Å²) in [5.74, 6) is 0. The van der Waals surface area contributed by atoms with Gasteiger partial charge in [0.25, 0.3) is 0 Å². The van der Waals surface area contributed by atoms with Gasteiger partial charge in [0.1, 0.15) is 0 Å². The maximum Gasteiger partial charge on any atom is 0.0953 e. The van der Waals surface area contributed by atoms with Gasteiger partial charge < -0.3 is 9.47 Å². The normalized spacial score (nSPS) is 12.2. The van der Waals surface area contributed by atoms with E-state index in [4.69, 9.17) is 0 Å². The summed E-state index contributed by atoms with van der Waals surface area (Å²) in [5, 5.41) is 2.58. The van der Waals surface area contributed by atoms with Crippen molar-refractivity contribution in [1.29, 1.82) is 0 Å². The lowest BCUT2D eigenvalue weighted by Crippen LogP contribution is -2.26. The third-order valence-corrected chi connectivity index (χ3v) is 12.1. The van der Waals surface area contributed by atoms with Crippen LogP contribution in [-0.2, 0) is 6.67 Å². The van der Waals surface area contributed by atoms with Crippen molar-refractivity contribution in [3.05, 3.63) is 223 Å². The molecular formula is C57H50N2. The first kappa shape index (κ1) is 37.7. The second kappa shape index (κ2) is 16.5. The second-order valence-electron chi connectivity index (χ2n) is 15.8. The molecule has 9 aromatic rings. The number of benzene rings is 8. The van der Waals surface area contributed by atoms with Crippen LogP contribution < -0.4 is 0 Å². The smallest absolute Gasteiger partial charge is 0.0953 e. The highest BCUT2D eigenvalue weighted by Crippen LogP contribution is 2.39. The third-order valence-electron chi connectivity index (χ3n) is 12.1. The van der Waals surface area contributed by atoms with Crippen molar-refractivity contribution in [2.75, 3.05) is 0 Å². The first-order valence-electron chi connectivity index (χ1n) is 20.9. The Morgan fingerprint density at radius 1 is 0.525 bits per heavy atom. The van der Waals surface area contributed by atoms with E-state index in [2.05, 4.69) is 237 Å². The van der Waals surface area contributed by atoms with Crippen LogP contribution in [0.15, 0.2) is 200 Å². The number of allylic oxidation sites excluding steroid dienone is 1. The second-order valence-corrected chi connectivity index (χ2v) is 15.8. The van der Waals surface area contributed by atoms with Gasteiger partial charge in [0.15, 0.2) is 0 Å². The molecule has 2 heteroatoms. The number of rotatable bonds is 11. The van der Waals surface area contributed by atoms with Crippen molar-refractivity contribution < 1.29 is 0 Å². The van der Waals surface area contributed by atoms with Crippen LogP contribution in [0.3, 0.4) is 0 Å². The molecule has 0 spiro atoms. The summed E-state index contributed by atoms with van der Waals surface area (Å²) in [7, 11) is 0. The Hall–Kier alpha value is -6.90. The zero-order chi connectivity index (χ0) is 40.3. The van der Waals surface area contributed by atoms with Crippen molar-refractivity contribution in [3.8, 4) is 44.5 Å². The summed E-state index contributed by atoms with van der Waals surface area (Å²) < 4.78 is 2.57. The summed E-state index contributed by atoms with van der Waals surface area (Å²) >= 11 is 0. The summed E-state index contributed by atoms with van der Waals surface area (Å²) in [6.45, 7) is 9.82. The van der Waals surface area contributed by atoms with Crippen LogP contribution in [0.25, 0.3) is 71.9 Å². The van der Waals surface area contributed by atoms with Gasteiger partial charge in [0.05, 0.1) is 23.7 Å². The molecule has 1 atom stereocenters. The number of aromatic nitrogens is 1. The molecule has 0 aliphatic heterocycles. The average molecular weight is 763 g/mol. The van der Waals surface area contributed by atoms with Crippen LogP contribution in [0.4, 0.5) is 0 Å². The Morgan fingerprint density at radius 2 is 1.12 bits per heavy atom. The van der Waals surface area contributed by atoms with Gasteiger partial charge in [0, 0.05) is 17.0 Å². The molecule has 1 aromatic heterocycles. The van der Waals surface area contributed by atoms with E-state index in [-0.39, 0.29) is 6.04 Å². The standard InChI is InChI=1S/C57H50N2/c1-5-55(46-33-31-45(32-34-46)43-20-8-6-9-21-43)58(38-41(3)50-27-14-15-28-52(50)48-25-18-24-47(37-48)44-22-10-7-11-23-44)39-59-56-30-17-16-29-53(56)54-36-35-51(42(4)57(54)59)49-26-13-12-19-40(49)2/h6-38,55H,5,39H2,1-4H3/b41-38+. The monoisotopic (exact) mass is 762 g/mol. The molecule has 0 N–H and O–H groups in total. The number of fused-ring (bicyclic) bond motifs is 3. The fraction of sp³-hybridized carbons (Fsp3) is 0.123. The van der Waals surface area contributed by atoms with Crippen molar-refractivity contribution in [1.82, 2.24) is 9.47 Å². The lowest BCUT2D eigenvalue weighted by Gasteiger charge is -2.33. The summed E-state index contributed by atoms with van der Waals surface area (Å²) in [5.41, 5.74) is 18.8. The topological polar surface area (TPSA) is 8.17 Å². The van der Waals surface area contributed by atoms with Crippen LogP contribution >= 0.6 is 0 Å². The van der Waals surface area contributed by atoms with Crippen LogP contribution in [0.1, 0.15) is 48.6 Å². The first-order chi connectivity index (χ1) is 29.0. The van der Waals surface area contributed by atoms with Crippen molar-refractivity contribution in [2.45, 2.75) is 46.8 Å². The van der Waals surface area contributed by atoms with Crippen LogP contribution in [-0.4, -0.2) is 9.47 Å². The van der Waals surface area contributed by atoms with Crippen LogP contribution in [0.5, 0.6) is 0 Å². The quantitative estimate of drug-likeness (QED) is 0.127. The van der Waals surface area contributed by atoms with E-state index in [1.807, 2.05) is 0 Å². The largest absolute Gasteiger partial charge is 0.352 e. The van der Waals surface area contributed by atoms with E-state index in [1.54, 1.807) is 0 Å². The van der Waals surface area contributed by atoms with E-state index in [0.29, 0.717) is 6.67 Å². The van der Waals surface area contributed by atoms with Gasteiger partial charge in [0.2, 0.25) is 0 Å². The van der Waals surface area contributed by atoms with Gasteiger partial charge in [-0.25, -0.2) is 0 Å². The highest BCUT2D eigenvalue weighted by molar-refractivity contribution is 6.10. The molecule has 0 amide bonds. The average Bonchev–Trinajstić information content (AvgIpc) is 3.61. The molecule has 0 bridgehead atoms. The predicted octanol–water partition coefficient (Wildman–Crippen LogP) is 15.6. The summed E-state index contributed by atoms with van der Waals surface area (Å²) in [6.07, 6.45) is 3.38. The zero-order valence-corrected chi connectivity index (χ0v) is 34.4. The summed E-state index contributed by atoms with van der Waals surface area (Å²) in [4.78, 5) is 2.59. The van der Waals surface area contributed by atoms with Gasteiger partial charge in [-0.1, -0.05) is 189 Å². The maximum absolute atomic E-state index is 2.59. The van der Waals surface area contributed by atoms with E-state index in [9.17, 15) is 0 Å². The van der Waals surface area contributed by atoms with Crippen molar-refractivity contribution >= 4 is 27.4 Å². The van der Waals surface area contributed by atoms with Crippen LogP contribution in [0.2, 0.25) is 0 Å². The Bertz CT molecular complexity index is 2920. The molecule has 0 fully saturated rings. The number of aryl methyl sites for hydroxylation is 2. The number of hydrogen-bond acceptors (Lipinski definition) is 1. The molecular weight excluding hydrogens is 713 g/mol. The lowest BCUT2D eigenvalue weighted by atomic mass is 9.93. The Morgan fingerprint density at radius 3 is 1.85 bits per heavy atom. The Kier molecular flexibility index (Phi) is 10.5. The predicted molar refractivity (Wildman–Crippen MR) is 252 cm³/mol. The van der Waals surface area contributed by atoms with Crippen LogP contribution in [0, 0.1) is 13.8 Å². The molecule has 0 aliphatic carbocycles. The molecule has 0 aliphatic rings. The fourth-order valence-corrected chi connectivity index (χ4v) is 9.11. The highest BCUT2D eigenvalue weighted by atomic mass is 15.3. The molecule has 288 valence electrons. The Balaban J connectivity index is 1.20. The van der Waals surface area contributed by atoms with Gasteiger partial charge in [-0.15, -0.1) is 0 Å². The van der Waals surface area contributed by atoms with E-state index in [1.165, 1.54) is 94.1 Å². The van der Waals surface area contributed by atoms with Crippen molar-refractivity contribution in [3.63, 3.8) is 0 Å². The highest BCUT2D eigenvalue weighted by Gasteiger charge is 2.22. The molecule has 59 heavy (non-hydrogen) atoms. The fourth-order valence-electron chi connectivity index (χ4n) is 9.11. The molecule has 1 unspecified atom stereocenters. The number of hydrogen-bond donors (Lipinski definition) is 0. The van der Waals surface area contributed by atoms with E-state index < -0.39 is 0 Å². The number of para-hydroxylation sites is 1. The minimum absolute atomic E-state index is 0.124. The maximum atomic E-state index is 2.59. The molecule has 0 radical (unpaired) electrons. The van der Waals surface area contributed by atoms with E-state index in [0.717, 1.165) is 6.42 Å². The molecule has 2 nitrogen and oxygen atoms in total. The molecule has 8 aromatic carbocycles. The molecule has 9 rings (SSSR count). The Labute approximate surface area is 349 Å². The SMILES string of the molecule is CCC(c1ccc(-c2ccccc2)cc1)N(/C=C(\C)c1ccccc1-c1cccc(-c2ccccc2)c1)Cn1c2ccccc2c2ccc(-c3ccccc3C)c(C)c21. The minimum atomic E-state index is 0.124. The first-order valence-corrected chi connectivity index (χ1v) is 20.9. The zero-order valence-electron chi connectivity index (χ0n) is 34.4. The molecule has 0 saturated carbocycles. The minimum Gasteiger partial charge on any atom is -0.352 e. The molecule has 1 heterocycles. The lowest BCUT2D eigenvalue weighted by molar-refractivity contribution is 0.227. The van der Waals surface area contributed by atoms with Crippen molar-refractivity contribution in [2.24, 2.45) is 0 Å². The van der Waals surface area contributed by atoms with Gasteiger partial charge in [-0.05, 0) is 112 Å². The molecule has 0 saturated heterocycles. The van der Waals surface area contributed by atoms with E-state index >= 15 is 0 Å².